The summed E-state index contributed by atoms with van der Waals surface area (Å²) in [6.45, 7) is 5.32. The predicted octanol–water partition coefficient (Wildman–Crippen LogP) is 1.87. The van der Waals surface area contributed by atoms with Crippen molar-refractivity contribution >= 4 is 21.7 Å². The summed E-state index contributed by atoms with van der Waals surface area (Å²) in [5.41, 5.74) is 1.25. The van der Waals surface area contributed by atoms with Gasteiger partial charge in [-0.3, -0.25) is 4.31 Å². The summed E-state index contributed by atoms with van der Waals surface area (Å²) >= 11 is 0. The first kappa shape index (κ1) is 14.5. The lowest BCUT2D eigenvalue weighted by Crippen LogP contribution is -2.32. The van der Waals surface area contributed by atoms with E-state index in [1.54, 1.807) is 26.8 Å². The van der Waals surface area contributed by atoms with Gasteiger partial charge in [-0.05, 0) is 38.5 Å². The summed E-state index contributed by atoms with van der Waals surface area (Å²) in [6.07, 6.45) is 0. The molecular weight excluding hydrogens is 254 g/mol. The molecule has 0 radical (unpaired) electrons. The number of rotatable bonds is 5. The number of aromatic carboxylic acids is 1. The number of anilines is 1. The van der Waals surface area contributed by atoms with Gasteiger partial charge in [-0.1, -0.05) is 6.07 Å². The van der Waals surface area contributed by atoms with Gasteiger partial charge in [0.1, 0.15) is 0 Å². The minimum absolute atomic E-state index is 0.0163. The van der Waals surface area contributed by atoms with Gasteiger partial charge in [-0.2, -0.15) is 0 Å². The first-order chi connectivity index (χ1) is 8.33. The molecule has 0 spiro atoms. The first-order valence-corrected chi connectivity index (χ1v) is 7.28. The third-order valence-corrected chi connectivity index (χ3v) is 4.57. The molecule has 1 rings (SSSR count). The molecule has 0 aromatic heterocycles. The molecule has 6 heteroatoms. The number of aryl methyl sites for hydroxylation is 1. The van der Waals surface area contributed by atoms with Gasteiger partial charge < -0.3 is 5.11 Å². The zero-order chi connectivity index (χ0) is 13.9. The zero-order valence-corrected chi connectivity index (χ0v) is 11.5. The van der Waals surface area contributed by atoms with Crippen LogP contribution in [0.4, 0.5) is 5.69 Å². The fraction of sp³-hybridized carbons (Fsp3) is 0.417. The van der Waals surface area contributed by atoms with E-state index in [1.807, 2.05) is 0 Å². The number of hydrogen-bond donors (Lipinski definition) is 1. The number of hydrogen-bond acceptors (Lipinski definition) is 3. The van der Waals surface area contributed by atoms with E-state index >= 15 is 0 Å². The SMILES string of the molecule is CCN(c1cc(C(=O)O)ccc1C)S(=O)(=O)CC. The van der Waals surface area contributed by atoms with Gasteiger partial charge in [-0.15, -0.1) is 0 Å². The van der Waals surface area contributed by atoms with Crippen LogP contribution in [0.5, 0.6) is 0 Å². The Morgan fingerprint density at radius 2 is 1.94 bits per heavy atom. The van der Waals surface area contributed by atoms with Crippen molar-refractivity contribution in [2.45, 2.75) is 20.8 Å². The average Bonchev–Trinajstić information content (AvgIpc) is 2.31. The third kappa shape index (κ3) is 2.81. The Bertz CT molecular complexity index is 551. The second-order valence-electron chi connectivity index (χ2n) is 3.87. The Morgan fingerprint density at radius 1 is 1.33 bits per heavy atom. The summed E-state index contributed by atoms with van der Waals surface area (Å²) in [6, 6.07) is 4.48. The number of carboxylic acids is 1. The van der Waals surface area contributed by atoms with Crippen LogP contribution in [-0.4, -0.2) is 31.8 Å². The fourth-order valence-corrected chi connectivity index (χ4v) is 2.89. The molecule has 0 unspecified atom stereocenters. The van der Waals surface area contributed by atoms with Crippen LogP contribution >= 0.6 is 0 Å². The Balaban J connectivity index is 3.38. The molecule has 0 atom stereocenters. The second-order valence-corrected chi connectivity index (χ2v) is 6.05. The van der Waals surface area contributed by atoms with Crippen LogP contribution in [0.2, 0.25) is 0 Å². The highest BCUT2D eigenvalue weighted by molar-refractivity contribution is 7.92. The third-order valence-electron chi connectivity index (χ3n) is 2.71. The topological polar surface area (TPSA) is 74.7 Å². The van der Waals surface area contributed by atoms with Crippen LogP contribution in [-0.2, 0) is 10.0 Å². The monoisotopic (exact) mass is 271 g/mol. The van der Waals surface area contributed by atoms with Crippen LogP contribution < -0.4 is 4.31 Å². The Kier molecular flexibility index (Phi) is 4.34. The van der Waals surface area contributed by atoms with Gasteiger partial charge in [0.2, 0.25) is 10.0 Å². The maximum absolute atomic E-state index is 11.9. The summed E-state index contributed by atoms with van der Waals surface area (Å²) in [7, 11) is -3.39. The largest absolute Gasteiger partial charge is 0.478 e. The molecule has 5 nitrogen and oxygen atoms in total. The van der Waals surface area contributed by atoms with E-state index < -0.39 is 16.0 Å². The number of benzene rings is 1. The summed E-state index contributed by atoms with van der Waals surface area (Å²) in [5.74, 6) is -1.08. The number of carboxylic acid groups (broad SMARTS) is 1. The molecular formula is C12H17NO4S. The molecule has 0 aliphatic carbocycles. The molecule has 0 amide bonds. The highest BCUT2D eigenvalue weighted by Crippen LogP contribution is 2.24. The average molecular weight is 271 g/mol. The van der Waals surface area contributed by atoms with Gasteiger partial charge in [-0.25, -0.2) is 13.2 Å². The van der Waals surface area contributed by atoms with E-state index in [0.29, 0.717) is 5.69 Å². The smallest absolute Gasteiger partial charge is 0.335 e. The molecule has 1 N–H and O–H groups in total. The Morgan fingerprint density at radius 3 is 2.39 bits per heavy atom. The van der Waals surface area contributed by atoms with Crippen molar-refractivity contribution in [3.05, 3.63) is 29.3 Å². The molecule has 1 aromatic rings. The summed E-state index contributed by atoms with van der Waals surface area (Å²) in [5, 5.41) is 8.95. The predicted molar refractivity (Wildman–Crippen MR) is 70.6 cm³/mol. The van der Waals surface area contributed by atoms with Crippen LogP contribution in [0.3, 0.4) is 0 Å². The van der Waals surface area contributed by atoms with Gasteiger partial charge in [0, 0.05) is 6.54 Å². The van der Waals surface area contributed by atoms with Gasteiger partial charge in [0.05, 0.1) is 17.0 Å². The zero-order valence-electron chi connectivity index (χ0n) is 10.7. The highest BCUT2D eigenvalue weighted by Gasteiger charge is 2.21. The Labute approximate surface area is 107 Å². The molecule has 18 heavy (non-hydrogen) atoms. The van der Waals surface area contributed by atoms with E-state index in [2.05, 4.69) is 0 Å². The number of carbonyl (C=O) groups is 1. The van der Waals surface area contributed by atoms with Gasteiger partial charge in [0.15, 0.2) is 0 Å². The van der Waals surface area contributed by atoms with E-state index in [9.17, 15) is 13.2 Å². The minimum atomic E-state index is -3.39. The lowest BCUT2D eigenvalue weighted by molar-refractivity contribution is 0.0697. The molecule has 100 valence electrons. The Hall–Kier alpha value is -1.56. The van der Waals surface area contributed by atoms with Gasteiger partial charge >= 0.3 is 5.97 Å². The van der Waals surface area contributed by atoms with Crippen molar-refractivity contribution in [3.8, 4) is 0 Å². The standard InChI is InChI=1S/C12H17NO4S/c1-4-13(18(16,17)5-2)11-8-10(12(14)15)7-6-9(11)3/h6-8H,4-5H2,1-3H3,(H,14,15). The van der Waals surface area contributed by atoms with E-state index in [0.717, 1.165) is 5.56 Å². The van der Waals surface area contributed by atoms with Crippen molar-refractivity contribution in [1.82, 2.24) is 0 Å². The lowest BCUT2D eigenvalue weighted by atomic mass is 10.1. The summed E-state index contributed by atoms with van der Waals surface area (Å²) in [4.78, 5) is 10.9. The minimum Gasteiger partial charge on any atom is -0.478 e. The molecule has 0 fully saturated rings. The normalized spacial score (nSPS) is 11.3. The number of nitrogens with zero attached hydrogens (tertiary/aromatic N) is 1. The molecule has 0 saturated heterocycles. The maximum Gasteiger partial charge on any atom is 0.335 e. The lowest BCUT2D eigenvalue weighted by Gasteiger charge is -2.24. The molecule has 0 bridgehead atoms. The quantitative estimate of drug-likeness (QED) is 0.887. The molecule has 1 aromatic carbocycles. The van der Waals surface area contributed by atoms with E-state index in [-0.39, 0.29) is 17.9 Å². The molecule has 0 saturated carbocycles. The van der Waals surface area contributed by atoms with Gasteiger partial charge in [0.25, 0.3) is 0 Å². The van der Waals surface area contributed by atoms with E-state index in [4.69, 9.17) is 5.11 Å². The summed E-state index contributed by atoms with van der Waals surface area (Å²) < 4.78 is 25.1. The molecule has 0 aliphatic rings. The van der Waals surface area contributed by atoms with Crippen molar-refractivity contribution in [2.75, 3.05) is 16.6 Å². The van der Waals surface area contributed by atoms with Crippen LogP contribution in [0.25, 0.3) is 0 Å². The van der Waals surface area contributed by atoms with Crippen LogP contribution in [0, 0.1) is 6.92 Å². The van der Waals surface area contributed by atoms with Crippen LogP contribution in [0.15, 0.2) is 18.2 Å². The molecule has 0 heterocycles. The number of sulfonamides is 1. The van der Waals surface area contributed by atoms with Crippen molar-refractivity contribution < 1.29 is 18.3 Å². The van der Waals surface area contributed by atoms with Crippen LogP contribution in [0.1, 0.15) is 29.8 Å². The first-order valence-electron chi connectivity index (χ1n) is 5.67. The highest BCUT2D eigenvalue weighted by atomic mass is 32.2. The van der Waals surface area contributed by atoms with Crippen molar-refractivity contribution in [3.63, 3.8) is 0 Å². The molecule has 0 aliphatic heterocycles. The van der Waals surface area contributed by atoms with E-state index in [1.165, 1.54) is 16.4 Å². The fourth-order valence-electron chi connectivity index (χ4n) is 1.68. The van der Waals surface area contributed by atoms with Crippen molar-refractivity contribution in [1.29, 1.82) is 0 Å². The second kappa shape index (κ2) is 5.39. The maximum atomic E-state index is 11.9. The van der Waals surface area contributed by atoms with Crippen molar-refractivity contribution in [2.24, 2.45) is 0 Å².